The summed E-state index contributed by atoms with van der Waals surface area (Å²) in [5, 5.41) is 3.03. The van der Waals surface area contributed by atoms with Crippen molar-refractivity contribution in [1.29, 1.82) is 0 Å². The Hall–Kier alpha value is -3.99. The zero-order valence-corrected chi connectivity index (χ0v) is 20.0. The van der Waals surface area contributed by atoms with Gasteiger partial charge in [0.2, 0.25) is 0 Å². The van der Waals surface area contributed by atoms with Crippen LogP contribution in [0.3, 0.4) is 0 Å². The SMILES string of the molecule is Cc1ccc(NC(=O)c2cnc([C@H](C)CC(=O)c3cc(-c4cccnc4)ncn3)s2)cc1C(F)(F)F. The summed E-state index contributed by atoms with van der Waals surface area (Å²) in [6.45, 7) is 3.16. The van der Waals surface area contributed by atoms with Crippen molar-refractivity contribution >= 4 is 28.7 Å². The monoisotopic (exact) mass is 511 g/mol. The smallest absolute Gasteiger partial charge is 0.321 e. The van der Waals surface area contributed by atoms with E-state index in [0.717, 1.165) is 23.0 Å². The molecule has 7 nitrogen and oxygen atoms in total. The highest BCUT2D eigenvalue weighted by molar-refractivity contribution is 7.13. The van der Waals surface area contributed by atoms with Crippen molar-refractivity contribution in [1.82, 2.24) is 19.9 Å². The van der Waals surface area contributed by atoms with Crippen molar-refractivity contribution in [2.24, 2.45) is 0 Å². The van der Waals surface area contributed by atoms with Gasteiger partial charge in [0.1, 0.15) is 16.9 Å². The summed E-state index contributed by atoms with van der Waals surface area (Å²) in [5.41, 5.74) is 0.874. The molecule has 0 aliphatic rings. The summed E-state index contributed by atoms with van der Waals surface area (Å²) in [6, 6.07) is 8.81. The lowest BCUT2D eigenvalue weighted by atomic mass is 10.0. The lowest BCUT2D eigenvalue weighted by molar-refractivity contribution is -0.138. The van der Waals surface area contributed by atoms with Crippen molar-refractivity contribution in [3.05, 3.63) is 88.0 Å². The fourth-order valence-corrected chi connectivity index (χ4v) is 4.33. The molecule has 0 fully saturated rings. The summed E-state index contributed by atoms with van der Waals surface area (Å²) in [6.07, 6.45) is 1.53. The zero-order chi connectivity index (χ0) is 25.9. The quantitative estimate of drug-likeness (QED) is 0.308. The summed E-state index contributed by atoms with van der Waals surface area (Å²) in [4.78, 5) is 42.2. The largest absolute Gasteiger partial charge is 0.416 e. The molecule has 3 heterocycles. The third-order valence-electron chi connectivity index (χ3n) is 5.37. The van der Waals surface area contributed by atoms with Gasteiger partial charge in [-0.3, -0.25) is 14.6 Å². The number of rotatable bonds is 7. The number of aromatic nitrogens is 4. The first-order chi connectivity index (χ1) is 17.1. The summed E-state index contributed by atoms with van der Waals surface area (Å²) >= 11 is 1.08. The number of Topliss-reactive ketones (excluding diaryl/α,β-unsaturated/α-hetero) is 1. The van der Waals surface area contributed by atoms with Crippen molar-refractivity contribution in [2.75, 3.05) is 5.32 Å². The molecular weight excluding hydrogens is 491 g/mol. The number of nitrogens with one attached hydrogen (secondary N) is 1. The van der Waals surface area contributed by atoms with Crippen LogP contribution in [-0.4, -0.2) is 31.6 Å². The number of benzene rings is 1. The van der Waals surface area contributed by atoms with Crippen molar-refractivity contribution in [3.8, 4) is 11.3 Å². The van der Waals surface area contributed by atoms with E-state index in [9.17, 15) is 22.8 Å². The maximum atomic E-state index is 13.2. The van der Waals surface area contributed by atoms with E-state index < -0.39 is 17.6 Å². The van der Waals surface area contributed by atoms with E-state index in [2.05, 4.69) is 25.3 Å². The summed E-state index contributed by atoms with van der Waals surface area (Å²) < 4.78 is 39.5. The molecular formula is C25H20F3N5O2S. The highest BCUT2D eigenvalue weighted by Crippen LogP contribution is 2.34. The number of ketones is 1. The fraction of sp³-hybridized carbons (Fsp3) is 0.200. The van der Waals surface area contributed by atoms with Crippen LogP contribution in [0.2, 0.25) is 0 Å². The molecule has 36 heavy (non-hydrogen) atoms. The molecule has 1 amide bonds. The van der Waals surface area contributed by atoms with Crippen LogP contribution in [0, 0.1) is 6.92 Å². The van der Waals surface area contributed by atoms with E-state index in [1.807, 2.05) is 6.07 Å². The predicted octanol–water partition coefficient (Wildman–Crippen LogP) is 5.95. The molecule has 0 aliphatic carbocycles. The van der Waals surface area contributed by atoms with Gasteiger partial charge < -0.3 is 5.32 Å². The lowest BCUT2D eigenvalue weighted by Crippen LogP contribution is -2.13. The van der Waals surface area contributed by atoms with E-state index >= 15 is 0 Å². The first-order valence-electron chi connectivity index (χ1n) is 10.8. The van der Waals surface area contributed by atoms with Gasteiger partial charge in [0.05, 0.1) is 22.5 Å². The van der Waals surface area contributed by atoms with Crippen LogP contribution in [0.5, 0.6) is 0 Å². The molecule has 184 valence electrons. The highest BCUT2D eigenvalue weighted by Gasteiger charge is 2.32. The molecule has 1 atom stereocenters. The van der Waals surface area contributed by atoms with Gasteiger partial charge in [0.25, 0.3) is 5.91 Å². The molecule has 0 unspecified atom stereocenters. The minimum absolute atomic E-state index is 0.0317. The van der Waals surface area contributed by atoms with Crippen LogP contribution in [-0.2, 0) is 6.18 Å². The van der Waals surface area contributed by atoms with E-state index in [0.29, 0.717) is 10.7 Å². The number of hydrogen-bond donors (Lipinski definition) is 1. The molecule has 4 aromatic rings. The summed E-state index contributed by atoms with van der Waals surface area (Å²) in [5.74, 6) is -1.10. The molecule has 1 N–H and O–H groups in total. The second-order valence-corrected chi connectivity index (χ2v) is 9.17. The van der Waals surface area contributed by atoms with Gasteiger partial charge in [0.15, 0.2) is 5.78 Å². The maximum Gasteiger partial charge on any atom is 0.416 e. The zero-order valence-electron chi connectivity index (χ0n) is 19.2. The molecule has 1 aromatic carbocycles. The van der Waals surface area contributed by atoms with Crippen molar-refractivity contribution in [3.63, 3.8) is 0 Å². The number of anilines is 1. The first-order valence-corrected chi connectivity index (χ1v) is 11.6. The maximum absolute atomic E-state index is 13.2. The second kappa shape index (κ2) is 10.3. The van der Waals surface area contributed by atoms with Crippen molar-refractivity contribution in [2.45, 2.75) is 32.4 Å². The number of pyridine rings is 1. The number of carbonyl (C=O) groups is 2. The van der Waals surface area contributed by atoms with Gasteiger partial charge in [-0.15, -0.1) is 11.3 Å². The van der Waals surface area contributed by atoms with Gasteiger partial charge in [-0.05, 0) is 42.8 Å². The van der Waals surface area contributed by atoms with E-state index in [1.165, 1.54) is 31.6 Å². The highest BCUT2D eigenvalue weighted by atomic mass is 32.1. The molecule has 3 aromatic heterocycles. The third-order valence-corrected chi connectivity index (χ3v) is 6.60. The Labute approximate surface area is 208 Å². The van der Waals surface area contributed by atoms with Crippen LogP contribution >= 0.6 is 11.3 Å². The van der Waals surface area contributed by atoms with E-state index in [4.69, 9.17) is 0 Å². The normalized spacial score (nSPS) is 12.2. The number of alkyl halides is 3. The first kappa shape index (κ1) is 25.1. The molecule has 0 radical (unpaired) electrons. The molecule has 0 saturated carbocycles. The third kappa shape index (κ3) is 5.80. The average Bonchev–Trinajstić information content (AvgIpc) is 3.36. The molecule has 0 bridgehead atoms. The molecule has 0 spiro atoms. The molecule has 11 heteroatoms. The van der Waals surface area contributed by atoms with E-state index in [-0.39, 0.29) is 39.9 Å². The van der Waals surface area contributed by atoms with Gasteiger partial charge in [-0.1, -0.05) is 13.0 Å². The predicted molar refractivity (Wildman–Crippen MR) is 129 cm³/mol. The minimum atomic E-state index is -4.52. The van der Waals surface area contributed by atoms with Gasteiger partial charge >= 0.3 is 6.18 Å². The van der Waals surface area contributed by atoms with Gasteiger partial charge in [-0.2, -0.15) is 13.2 Å². The molecule has 0 aliphatic heterocycles. The Morgan fingerprint density at radius 2 is 1.89 bits per heavy atom. The number of thiazole rings is 1. The molecule has 4 rings (SSSR count). The van der Waals surface area contributed by atoms with Crippen molar-refractivity contribution < 1.29 is 22.8 Å². The number of carbonyl (C=O) groups excluding carboxylic acids is 2. The molecule has 0 saturated heterocycles. The van der Waals surface area contributed by atoms with Gasteiger partial charge in [0, 0.05) is 36.0 Å². The summed E-state index contributed by atoms with van der Waals surface area (Å²) in [7, 11) is 0. The van der Waals surface area contributed by atoms with Gasteiger partial charge in [-0.25, -0.2) is 15.0 Å². The Morgan fingerprint density at radius 1 is 1.08 bits per heavy atom. The van der Waals surface area contributed by atoms with Crippen LogP contribution < -0.4 is 5.32 Å². The minimum Gasteiger partial charge on any atom is -0.321 e. The van der Waals surface area contributed by atoms with E-state index in [1.54, 1.807) is 31.5 Å². The fourth-order valence-electron chi connectivity index (χ4n) is 3.47. The number of aryl methyl sites for hydroxylation is 1. The Kier molecular flexibility index (Phi) is 7.20. The Morgan fingerprint density at radius 3 is 2.61 bits per heavy atom. The average molecular weight is 512 g/mol. The van der Waals surface area contributed by atoms with Crippen LogP contribution in [0.1, 0.15) is 55.6 Å². The van der Waals surface area contributed by atoms with Crippen LogP contribution in [0.4, 0.5) is 18.9 Å². The second-order valence-electron chi connectivity index (χ2n) is 8.10. The van der Waals surface area contributed by atoms with Crippen LogP contribution in [0.25, 0.3) is 11.3 Å². The van der Waals surface area contributed by atoms with Crippen LogP contribution in [0.15, 0.2) is 61.3 Å². The number of nitrogens with zero attached hydrogens (tertiary/aromatic N) is 4. The topological polar surface area (TPSA) is 97.7 Å². The lowest BCUT2D eigenvalue weighted by Gasteiger charge is -2.12. The number of halogens is 3. The Balaban J connectivity index is 1.43. The number of hydrogen-bond acceptors (Lipinski definition) is 7. The number of amides is 1. The Bertz CT molecular complexity index is 1410. The standard InChI is InChI=1S/C25H20F3N5O2S/c1-14-5-6-17(9-18(14)25(26,27)28)33-23(35)22-12-30-24(36-22)15(2)8-21(34)20-10-19(31-13-32-20)16-4-3-7-29-11-16/h3-7,9-13,15H,8H2,1-2H3,(H,33,35)/t15-/m1/s1.